The molecule has 1 aliphatic rings. The van der Waals surface area contributed by atoms with Crippen LogP contribution in [0.4, 0.5) is 5.69 Å². The molecule has 0 saturated carbocycles. The third-order valence-corrected chi connectivity index (χ3v) is 5.48. The number of amides is 1. The molecule has 2 atom stereocenters. The Hall–Kier alpha value is -1.15. The molecule has 8 heteroatoms. The molecule has 1 saturated heterocycles. The van der Waals surface area contributed by atoms with E-state index in [0.29, 0.717) is 23.6 Å². The minimum absolute atomic E-state index is 0. The summed E-state index contributed by atoms with van der Waals surface area (Å²) in [6.07, 6.45) is 2.71. The van der Waals surface area contributed by atoms with Gasteiger partial charge in [0.15, 0.2) is 0 Å². The highest BCUT2D eigenvalue weighted by Gasteiger charge is 2.22. The summed E-state index contributed by atoms with van der Waals surface area (Å²) in [5.41, 5.74) is 1.02. The van der Waals surface area contributed by atoms with Crippen molar-refractivity contribution in [1.29, 1.82) is 0 Å². The SMILES string of the molecule is Cc1ccc(NC(=O)CC(C)C2CCCNC2)cc1S(N)(=O)=O.Cl. The molecule has 1 fully saturated rings. The minimum Gasteiger partial charge on any atom is -0.326 e. The van der Waals surface area contributed by atoms with Crippen molar-refractivity contribution in [3.63, 3.8) is 0 Å². The Morgan fingerprint density at radius 2 is 2.17 bits per heavy atom. The minimum atomic E-state index is -3.79. The first-order chi connectivity index (χ1) is 10.8. The molecule has 136 valence electrons. The molecule has 0 radical (unpaired) electrons. The number of piperidine rings is 1. The van der Waals surface area contributed by atoms with Gasteiger partial charge in [-0.05, 0) is 62.4 Å². The second-order valence-corrected chi connectivity index (χ2v) is 7.89. The maximum atomic E-state index is 12.2. The Bertz CT molecular complexity index is 673. The van der Waals surface area contributed by atoms with E-state index in [9.17, 15) is 13.2 Å². The highest BCUT2D eigenvalue weighted by Crippen LogP contribution is 2.24. The maximum Gasteiger partial charge on any atom is 0.238 e. The molecular formula is C16H26ClN3O3S. The fraction of sp³-hybridized carbons (Fsp3) is 0.562. The lowest BCUT2D eigenvalue weighted by atomic mass is 9.85. The Labute approximate surface area is 150 Å². The van der Waals surface area contributed by atoms with Crippen molar-refractivity contribution in [2.24, 2.45) is 17.0 Å². The molecule has 24 heavy (non-hydrogen) atoms. The van der Waals surface area contributed by atoms with E-state index >= 15 is 0 Å². The first-order valence-corrected chi connectivity index (χ1v) is 9.46. The molecule has 1 aliphatic heterocycles. The number of carbonyl (C=O) groups is 1. The van der Waals surface area contributed by atoms with Crippen LogP contribution in [0.3, 0.4) is 0 Å². The smallest absolute Gasteiger partial charge is 0.238 e. The summed E-state index contributed by atoms with van der Waals surface area (Å²) < 4.78 is 23.1. The van der Waals surface area contributed by atoms with E-state index in [-0.39, 0.29) is 29.1 Å². The van der Waals surface area contributed by atoms with E-state index in [1.807, 2.05) is 0 Å². The number of rotatable bonds is 5. The van der Waals surface area contributed by atoms with Gasteiger partial charge in [0.1, 0.15) is 0 Å². The summed E-state index contributed by atoms with van der Waals surface area (Å²) in [5, 5.41) is 11.3. The van der Waals surface area contributed by atoms with Crippen molar-refractivity contribution in [3.8, 4) is 0 Å². The quantitative estimate of drug-likeness (QED) is 0.732. The Kier molecular flexibility index (Phi) is 7.66. The van der Waals surface area contributed by atoms with Gasteiger partial charge in [0.05, 0.1) is 4.90 Å². The summed E-state index contributed by atoms with van der Waals surface area (Å²) in [6, 6.07) is 4.74. The van der Waals surface area contributed by atoms with Crippen molar-refractivity contribution >= 4 is 34.0 Å². The zero-order chi connectivity index (χ0) is 17.0. The van der Waals surface area contributed by atoms with E-state index in [1.165, 1.54) is 6.07 Å². The first kappa shape index (κ1) is 20.9. The van der Waals surface area contributed by atoms with Gasteiger partial charge < -0.3 is 10.6 Å². The number of anilines is 1. The normalized spacial score (nSPS) is 19.2. The number of hydrogen-bond donors (Lipinski definition) is 3. The van der Waals surface area contributed by atoms with Crippen molar-refractivity contribution in [1.82, 2.24) is 5.32 Å². The average molecular weight is 376 g/mol. The van der Waals surface area contributed by atoms with Crippen molar-refractivity contribution < 1.29 is 13.2 Å². The molecule has 1 aromatic carbocycles. The third-order valence-electron chi connectivity index (χ3n) is 4.43. The lowest BCUT2D eigenvalue weighted by Crippen LogP contribution is -2.34. The van der Waals surface area contributed by atoms with E-state index in [2.05, 4.69) is 17.6 Å². The van der Waals surface area contributed by atoms with Gasteiger partial charge in [-0.25, -0.2) is 13.6 Å². The monoisotopic (exact) mass is 375 g/mol. The number of benzene rings is 1. The first-order valence-electron chi connectivity index (χ1n) is 7.91. The molecule has 2 unspecified atom stereocenters. The zero-order valence-corrected chi connectivity index (χ0v) is 15.7. The van der Waals surface area contributed by atoms with Gasteiger partial charge >= 0.3 is 0 Å². The molecule has 1 heterocycles. The Morgan fingerprint density at radius 3 is 2.75 bits per heavy atom. The summed E-state index contributed by atoms with van der Waals surface area (Å²) in [7, 11) is -3.79. The average Bonchev–Trinajstić information content (AvgIpc) is 2.49. The summed E-state index contributed by atoms with van der Waals surface area (Å²) in [6.45, 7) is 5.76. The third kappa shape index (κ3) is 5.73. The van der Waals surface area contributed by atoms with E-state index in [0.717, 1.165) is 25.9 Å². The molecule has 2 rings (SSSR count). The largest absolute Gasteiger partial charge is 0.326 e. The van der Waals surface area contributed by atoms with Gasteiger partial charge in [0, 0.05) is 12.1 Å². The van der Waals surface area contributed by atoms with Crippen LogP contribution in [0.25, 0.3) is 0 Å². The van der Waals surface area contributed by atoms with Crippen LogP contribution in [0.15, 0.2) is 23.1 Å². The lowest BCUT2D eigenvalue weighted by molar-refractivity contribution is -0.117. The molecular weight excluding hydrogens is 350 g/mol. The standard InChI is InChI=1S/C16H25N3O3S.ClH/c1-11-5-6-14(9-15(11)23(17,21)22)19-16(20)8-12(2)13-4-3-7-18-10-13;/h5-6,9,12-13,18H,3-4,7-8,10H2,1-2H3,(H,19,20)(H2,17,21,22);1H. The molecule has 6 nitrogen and oxygen atoms in total. The molecule has 1 aromatic rings. The van der Waals surface area contributed by atoms with Crippen LogP contribution in [0.5, 0.6) is 0 Å². The number of carbonyl (C=O) groups excluding carboxylic acids is 1. The number of aryl methyl sites for hydroxylation is 1. The second kappa shape index (κ2) is 8.80. The predicted octanol–water partition coefficient (Wildman–Crippen LogP) is 2.03. The molecule has 0 spiro atoms. The number of halogens is 1. The van der Waals surface area contributed by atoms with Crippen molar-refractivity contribution in [2.75, 3.05) is 18.4 Å². The van der Waals surface area contributed by atoms with Crippen LogP contribution >= 0.6 is 12.4 Å². The van der Waals surface area contributed by atoms with E-state index in [1.54, 1.807) is 19.1 Å². The maximum absolute atomic E-state index is 12.2. The van der Waals surface area contributed by atoms with Crippen LogP contribution in [0.1, 0.15) is 31.7 Å². The van der Waals surface area contributed by atoms with Gasteiger partial charge in [-0.1, -0.05) is 13.0 Å². The zero-order valence-electron chi connectivity index (χ0n) is 14.0. The van der Waals surface area contributed by atoms with Crippen molar-refractivity contribution in [2.45, 2.75) is 38.0 Å². The summed E-state index contributed by atoms with van der Waals surface area (Å²) >= 11 is 0. The highest BCUT2D eigenvalue weighted by atomic mass is 35.5. The number of primary sulfonamides is 1. The van der Waals surface area contributed by atoms with Crippen LogP contribution in [0, 0.1) is 18.8 Å². The second-order valence-electron chi connectivity index (χ2n) is 6.36. The van der Waals surface area contributed by atoms with E-state index < -0.39 is 10.0 Å². The van der Waals surface area contributed by atoms with Gasteiger partial charge in [0.2, 0.25) is 15.9 Å². The number of nitrogens with two attached hydrogens (primary N) is 1. The number of sulfonamides is 1. The number of nitrogens with one attached hydrogen (secondary N) is 2. The van der Waals surface area contributed by atoms with Gasteiger partial charge in [-0.15, -0.1) is 12.4 Å². The van der Waals surface area contributed by atoms with Crippen molar-refractivity contribution in [3.05, 3.63) is 23.8 Å². The van der Waals surface area contributed by atoms with Crippen LogP contribution in [0.2, 0.25) is 0 Å². The number of hydrogen-bond acceptors (Lipinski definition) is 4. The summed E-state index contributed by atoms with van der Waals surface area (Å²) in [5.74, 6) is 0.686. The fourth-order valence-corrected chi connectivity index (χ4v) is 3.83. The van der Waals surface area contributed by atoms with Gasteiger partial charge in [-0.3, -0.25) is 4.79 Å². The van der Waals surface area contributed by atoms with Gasteiger partial charge in [0.25, 0.3) is 0 Å². The lowest BCUT2D eigenvalue weighted by Gasteiger charge is -2.28. The Balaban J connectivity index is 0.00000288. The van der Waals surface area contributed by atoms with Gasteiger partial charge in [-0.2, -0.15) is 0 Å². The molecule has 0 aromatic heterocycles. The molecule has 1 amide bonds. The highest BCUT2D eigenvalue weighted by molar-refractivity contribution is 7.89. The Morgan fingerprint density at radius 1 is 1.46 bits per heavy atom. The molecule has 4 N–H and O–H groups in total. The molecule has 0 aliphatic carbocycles. The predicted molar refractivity (Wildman–Crippen MR) is 97.8 cm³/mol. The van der Waals surface area contributed by atoms with Crippen LogP contribution in [-0.2, 0) is 14.8 Å². The topological polar surface area (TPSA) is 101 Å². The van der Waals surface area contributed by atoms with Crippen LogP contribution < -0.4 is 15.8 Å². The van der Waals surface area contributed by atoms with Crippen LogP contribution in [-0.4, -0.2) is 27.4 Å². The fourth-order valence-electron chi connectivity index (χ4n) is 3.02. The van der Waals surface area contributed by atoms with E-state index in [4.69, 9.17) is 5.14 Å². The summed E-state index contributed by atoms with van der Waals surface area (Å²) in [4.78, 5) is 12.2. The molecule has 0 bridgehead atoms.